The monoisotopic (exact) mass is 380 g/mol. The highest BCUT2D eigenvalue weighted by molar-refractivity contribution is 5.99. The third-order valence-corrected chi connectivity index (χ3v) is 4.48. The van der Waals surface area contributed by atoms with E-state index in [0.29, 0.717) is 40.7 Å². The van der Waals surface area contributed by atoms with Crippen LogP contribution in [0.2, 0.25) is 0 Å². The summed E-state index contributed by atoms with van der Waals surface area (Å²) in [6, 6.07) is 12.2. The molecule has 0 fully saturated rings. The van der Waals surface area contributed by atoms with Crippen LogP contribution in [-0.4, -0.2) is 25.0 Å². The average Bonchev–Trinajstić information content (AvgIpc) is 3.13. The first-order valence-electron chi connectivity index (χ1n) is 9.08. The van der Waals surface area contributed by atoms with Crippen molar-refractivity contribution in [3.05, 3.63) is 53.8 Å². The normalized spacial score (nSPS) is 14.0. The van der Waals surface area contributed by atoms with Gasteiger partial charge < -0.3 is 24.5 Å². The van der Waals surface area contributed by atoms with Crippen LogP contribution < -0.4 is 20.1 Å². The molecular weight excluding hydrogens is 360 g/mol. The third-order valence-electron chi connectivity index (χ3n) is 4.48. The average molecular weight is 380 g/mol. The van der Waals surface area contributed by atoms with Crippen molar-refractivity contribution in [1.29, 1.82) is 0 Å². The van der Waals surface area contributed by atoms with E-state index in [1.54, 1.807) is 18.2 Å². The maximum atomic E-state index is 12.6. The highest BCUT2D eigenvalue weighted by Crippen LogP contribution is 2.32. The van der Waals surface area contributed by atoms with Crippen LogP contribution in [0, 0.1) is 0 Å². The maximum absolute atomic E-state index is 12.6. The van der Waals surface area contributed by atoms with Gasteiger partial charge in [-0.05, 0) is 44.2 Å². The van der Waals surface area contributed by atoms with Crippen LogP contribution in [0.1, 0.15) is 36.0 Å². The third kappa shape index (κ3) is 3.38. The van der Waals surface area contributed by atoms with Gasteiger partial charge in [0.05, 0.1) is 18.3 Å². The lowest BCUT2D eigenvalue weighted by Crippen LogP contribution is -2.28. The number of ether oxygens (including phenoxy) is 2. The summed E-state index contributed by atoms with van der Waals surface area (Å²) in [4.78, 5) is 24.0. The van der Waals surface area contributed by atoms with E-state index in [9.17, 15) is 9.59 Å². The van der Waals surface area contributed by atoms with Gasteiger partial charge in [0, 0.05) is 10.9 Å². The van der Waals surface area contributed by atoms with Crippen molar-refractivity contribution in [1.82, 2.24) is 5.32 Å². The van der Waals surface area contributed by atoms with Crippen molar-refractivity contribution >= 4 is 28.5 Å². The number of benzene rings is 2. The van der Waals surface area contributed by atoms with Crippen LogP contribution in [0.25, 0.3) is 11.0 Å². The fraction of sp³-hybridized carbons (Fsp3) is 0.238. The quantitative estimate of drug-likeness (QED) is 0.705. The lowest BCUT2D eigenvalue weighted by molar-refractivity contribution is -0.118. The van der Waals surface area contributed by atoms with E-state index < -0.39 is 0 Å². The van der Waals surface area contributed by atoms with Gasteiger partial charge in [0.25, 0.3) is 11.8 Å². The SMILES string of the molecule is CCOc1cccc2cc(C(C)NC(=O)c3ccc4c(c3)OCC(=O)N4)oc12. The predicted molar refractivity (Wildman–Crippen MR) is 104 cm³/mol. The molecule has 2 heterocycles. The lowest BCUT2D eigenvalue weighted by Gasteiger charge is -2.19. The second-order valence-electron chi connectivity index (χ2n) is 6.50. The molecule has 2 amide bonds. The van der Waals surface area contributed by atoms with Gasteiger partial charge in [-0.2, -0.15) is 0 Å². The molecule has 0 saturated heterocycles. The number of para-hydroxylation sites is 1. The molecule has 2 N–H and O–H groups in total. The molecule has 0 bridgehead atoms. The topological polar surface area (TPSA) is 89.8 Å². The van der Waals surface area contributed by atoms with Crippen molar-refractivity contribution in [2.75, 3.05) is 18.5 Å². The van der Waals surface area contributed by atoms with Gasteiger partial charge in [-0.1, -0.05) is 12.1 Å². The first kappa shape index (κ1) is 17.9. The highest BCUT2D eigenvalue weighted by atomic mass is 16.5. The second-order valence-corrected chi connectivity index (χ2v) is 6.50. The summed E-state index contributed by atoms with van der Waals surface area (Å²) >= 11 is 0. The zero-order chi connectivity index (χ0) is 19.7. The zero-order valence-electron chi connectivity index (χ0n) is 15.6. The molecule has 1 unspecified atom stereocenters. The molecule has 1 atom stereocenters. The minimum atomic E-state index is -0.342. The number of rotatable bonds is 5. The maximum Gasteiger partial charge on any atom is 0.262 e. The summed E-state index contributed by atoms with van der Waals surface area (Å²) in [5.41, 5.74) is 1.66. The van der Waals surface area contributed by atoms with Gasteiger partial charge in [-0.3, -0.25) is 9.59 Å². The second kappa shape index (κ2) is 7.26. The largest absolute Gasteiger partial charge is 0.490 e. The van der Waals surface area contributed by atoms with E-state index in [1.165, 1.54) is 0 Å². The van der Waals surface area contributed by atoms with Crippen LogP contribution in [0.3, 0.4) is 0 Å². The van der Waals surface area contributed by atoms with E-state index in [1.807, 2.05) is 38.1 Å². The molecule has 7 heteroatoms. The van der Waals surface area contributed by atoms with Crippen molar-refractivity contribution < 1.29 is 23.5 Å². The summed E-state index contributed by atoms with van der Waals surface area (Å²) in [7, 11) is 0. The van der Waals surface area contributed by atoms with Crippen molar-refractivity contribution in [3.63, 3.8) is 0 Å². The Hall–Kier alpha value is -3.48. The zero-order valence-corrected chi connectivity index (χ0v) is 15.6. The predicted octanol–water partition coefficient (Wildman–Crippen LogP) is 3.65. The van der Waals surface area contributed by atoms with E-state index in [2.05, 4.69) is 10.6 Å². The van der Waals surface area contributed by atoms with E-state index in [4.69, 9.17) is 13.9 Å². The van der Waals surface area contributed by atoms with E-state index in [-0.39, 0.29) is 24.5 Å². The van der Waals surface area contributed by atoms with Crippen LogP contribution in [-0.2, 0) is 4.79 Å². The number of anilines is 1. The Morgan fingerprint density at radius 3 is 2.96 bits per heavy atom. The molecule has 7 nitrogen and oxygen atoms in total. The first-order chi connectivity index (χ1) is 13.5. The Balaban J connectivity index is 1.53. The molecule has 144 valence electrons. The number of fused-ring (bicyclic) bond motifs is 2. The number of nitrogens with one attached hydrogen (secondary N) is 2. The molecule has 2 aromatic carbocycles. The van der Waals surface area contributed by atoms with Crippen LogP contribution in [0.4, 0.5) is 5.69 Å². The molecule has 0 radical (unpaired) electrons. The number of carbonyl (C=O) groups is 2. The molecular formula is C21H20N2O5. The van der Waals surface area contributed by atoms with E-state index in [0.717, 1.165) is 5.39 Å². The fourth-order valence-electron chi connectivity index (χ4n) is 3.11. The number of carbonyl (C=O) groups excluding carboxylic acids is 2. The van der Waals surface area contributed by atoms with Crippen LogP contribution in [0.5, 0.6) is 11.5 Å². The van der Waals surface area contributed by atoms with Gasteiger partial charge in [0.1, 0.15) is 11.5 Å². The van der Waals surface area contributed by atoms with Crippen molar-refractivity contribution in [2.24, 2.45) is 0 Å². The van der Waals surface area contributed by atoms with Crippen molar-refractivity contribution in [3.8, 4) is 11.5 Å². The summed E-state index contributed by atoms with van der Waals surface area (Å²) in [6.45, 7) is 4.25. The van der Waals surface area contributed by atoms with Gasteiger partial charge in [0.2, 0.25) is 0 Å². The van der Waals surface area contributed by atoms with Crippen molar-refractivity contribution in [2.45, 2.75) is 19.9 Å². The molecule has 4 rings (SSSR count). The Labute approximate surface area is 161 Å². The molecule has 0 spiro atoms. The number of amides is 2. The first-order valence-corrected chi connectivity index (χ1v) is 9.08. The molecule has 3 aromatic rings. The van der Waals surface area contributed by atoms with Crippen LogP contribution in [0.15, 0.2) is 46.9 Å². The molecule has 0 aliphatic carbocycles. The van der Waals surface area contributed by atoms with Gasteiger partial charge in [0.15, 0.2) is 17.9 Å². The summed E-state index contributed by atoms with van der Waals surface area (Å²) in [6.07, 6.45) is 0. The number of furan rings is 1. The summed E-state index contributed by atoms with van der Waals surface area (Å²) in [5.74, 6) is 1.32. The number of hydrogen-bond donors (Lipinski definition) is 2. The Kier molecular flexibility index (Phi) is 4.65. The summed E-state index contributed by atoms with van der Waals surface area (Å²) in [5, 5.41) is 6.54. The highest BCUT2D eigenvalue weighted by Gasteiger charge is 2.20. The molecule has 1 aromatic heterocycles. The minimum absolute atomic E-state index is 0.0599. The Bertz CT molecular complexity index is 1060. The molecule has 0 saturated carbocycles. The molecule has 1 aliphatic heterocycles. The van der Waals surface area contributed by atoms with E-state index >= 15 is 0 Å². The minimum Gasteiger partial charge on any atom is -0.490 e. The smallest absolute Gasteiger partial charge is 0.262 e. The standard InChI is InChI=1S/C21H20N2O5/c1-3-26-16-6-4-5-13-9-17(28-20(13)16)12(2)22-21(25)14-7-8-15-18(10-14)27-11-19(24)23-15/h4-10,12H,3,11H2,1-2H3,(H,22,25)(H,23,24). The number of hydrogen-bond acceptors (Lipinski definition) is 5. The van der Waals surface area contributed by atoms with Gasteiger partial charge in [-0.15, -0.1) is 0 Å². The van der Waals surface area contributed by atoms with Gasteiger partial charge >= 0.3 is 0 Å². The van der Waals surface area contributed by atoms with Gasteiger partial charge in [-0.25, -0.2) is 0 Å². The summed E-state index contributed by atoms with van der Waals surface area (Å²) < 4.78 is 16.9. The molecule has 28 heavy (non-hydrogen) atoms. The lowest BCUT2D eigenvalue weighted by atomic mass is 10.1. The Morgan fingerprint density at radius 1 is 1.29 bits per heavy atom. The fourth-order valence-corrected chi connectivity index (χ4v) is 3.11. The van der Waals surface area contributed by atoms with Crippen LogP contribution >= 0.6 is 0 Å². The Morgan fingerprint density at radius 2 is 2.14 bits per heavy atom. The molecule has 1 aliphatic rings.